The molecule has 0 bridgehead atoms. The Morgan fingerprint density at radius 3 is 2.08 bits per heavy atom. The minimum absolute atomic E-state index is 0.115. The van der Waals surface area contributed by atoms with Gasteiger partial charge in [0.2, 0.25) is 11.8 Å². The minimum Gasteiger partial charge on any atom is -0.389 e. The highest BCUT2D eigenvalue weighted by atomic mass is 127. The number of nitrogens with two attached hydrogens (primary N) is 1. The maximum absolute atomic E-state index is 12.0. The molecule has 8 N–H and O–H groups in total. The fourth-order valence-corrected chi connectivity index (χ4v) is 2.70. The topological polar surface area (TPSA) is 174 Å². The zero-order valence-corrected chi connectivity index (χ0v) is 15.9. The molecule has 25 heavy (non-hydrogen) atoms. The van der Waals surface area contributed by atoms with Gasteiger partial charge < -0.3 is 37.0 Å². The van der Waals surface area contributed by atoms with Gasteiger partial charge in [0, 0.05) is 31.6 Å². The lowest BCUT2D eigenvalue weighted by Gasteiger charge is -2.29. The van der Waals surface area contributed by atoms with Crippen molar-refractivity contribution >= 4 is 40.3 Å². The summed E-state index contributed by atoms with van der Waals surface area (Å²) < 4.78 is 0.299. The monoisotopic (exact) mass is 472 g/mol. The Balaban J connectivity index is 2.52. The van der Waals surface area contributed by atoms with Crippen molar-refractivity contribution in [2.45, 2.75) is 31.2 Å². The average Bonchev–Trinajstić information content (AvgIpc) is 3.42. The molecule has 0 aliphatic heterocycles. The van der Waals surface area contributed by atoms with E-state index in [1.54, 1.807) is 0 Å². The predicted octanol–water partition coefficient (Wildman–Crippen LogP) is -3.41. The van der Waals surface area contributed by atoms with Crippen LogP contribution in [0, 0.1) is 5.41 Å². The SMILES string of the molecule is NCCNC(=O)[C@H](O)[C@@H](O)C1(C(O)C(=O)NCCNC(=O)CI)CC1. The Morgan fingerprint density at radius 2 is 1.56 bits per heavy atom. The number of aliphatic hydroxyl groups excluding tert-OH is 3. The first kappa shape index (κ1) is 22.0. The molecule has 1 saturated carbocycles. The summed E-state index contributed by atoms with van der Waals surface area (Å²) in [6.45, 7) is 0.643. The van der Waals surface area contributed by atoms with Crippen LogP contribution in [0.5, 0.6) is 0 Å². The second-order valence-corrected chi connectivity index (χ2v) is 6.64. The first-order chi connectivity index (χ1) is 11.8. The fraction of sp³-hybridized carbons (Fsp3) is 0.786. The number of aliphatic hydroxyl groups is 3. The summed E-state index contributed by atoms with van der Waals surface area (Å²) in [5, 5.41) is 37.7. The standard InChI is InChI=1S/C14H25IN4O6/c15-7-8(20)17-5-6-19-13(25)11(23)14(1-2-14)10(22)9(21)12(24)18-4-3-16/h9-11,21-23H,1-7,16H2,(H,17,20)(H,18,24)(H,19,25)/t9-,10-,11?/m1/s1. The van der Waals surface area contributed by atoms with E-state index in [-0.39, 0.29) is 32.1 Å². The van der Waals surface area contributed by atoms with Crippen LogP contribution in [-0.2, 0) is 14.4 Å². The Labute approximate surface area is 159 Å². The molecule has 0 aromatic heterocycles. The highest BCUT2D eigenvalue weighted by Crippen LogP contribution is 2.52. The molecule has 0 aromatic carbocycles. The number of alkyl halides is 1. The van der Waals surface area contributed by atoms with Crippen LogP contribution < -0.4 is 21.7 Å². The summed E-state index contributed by atoms with van der Waals surface area (Å²) in [5.41, 5.74) is 3.99. The van der Waals surface area contributed by atoms with Crippen LogP contribution in [0.25, 0.3) is 0 Å². The maximum atomic E-state index is 12.0. The molecule has 0 radical (unpaired) electrons. The molecule has 1 fully saturated rings. The second kappa shape index (κ2) is 10.2. The number of hydrogen-bond acceptors (Lipinski definition) is 7. The molecular weight excluding hydrogens is 447 g/mol. The van der Waals surface area contributed by atoms with Crippen molar-refractivity contribution in [3.05, 3.63) is 0 Å². The van der Waals surface area contributed by atoms with Gasteiger partial charge in [-0.2, -0.15) is 0 Å². The van der Waals surface area contributed by atoms with Crippen LogP contribution >= 0.6 is 22.6 Å². The Bertz CT molecular complexity index is 488. The molecule has 3 atom stereocenters. The Hall–Kier alpha value is -1.02. The largest absolute Gasteiger partial charge is 0.389 e. The lowest BCUT2D eigenvalue weighted by atomic mass is 9.87. The number of hydrogen-bond donors (Lipinski definition) is 7. The summed E-state index contributed by atoms with van der Waals surface area (Å²) in [6.07, 6.45) is -4.31. The zero-order chi connectivity index (χ0) is 19.0. The van der Waals surface area contributed by atoms with Crippen LogP contribution in [0.1, 0.15) is 12.8 Å². The minimum atomic E-state index is -1.76. The van der Waals surface area contributed by atoms with E-state index in [0.29, 0.717) is 17.3 Å². The third-order valence-corrected chi connectivity index (χ3v) is 4.78. The zero-order valence-electron chi connectivity index (χ0n) is 13.7. The Kier molecular flexibility index (Phi) is 8.99. The van der Waals surface area contributed by atoms with Crippen molar-refractivity contribution in [2.24, 2.45) is 11.1 Å². The number of halogens is 1. The van der Waals surface area contributed by atoms with E-state index < -0.39 is 35.5 Å². The van der Waals surface area contributed by atoms with E-state index in [0.717, 1.165) is 0 Å². The van der Waals surface area contributed by atoms with Crippen molar-refractivity contribution < 1.29 is 29.7 Å². The van der Waals surface area contributed by atoms with Gasteiger partial charge in [0.15, 0.2) is 6.10 Å². The first-order valence-electron chi connectivity index (χ1n) is 7.92. The summed E-state index contributed by atoms with van der Waals surface area (Å²) in [6, 6.07) is 0. The average molecular weight is 472 g/mol. The Morgan fingerprint density at radius 1 is 1.00 bits per heavy atom. The van der Waals surface area contributed by atoms with Gasteiger partial charge in [-0.25, -0.2) is 0 Å². The van der Waals surface area contributed by atoms with E-state index >= 15 is 0 Å². The van der Waals surface area contributed by atoms with Crippen LogP contribution in [0.15, 0.2) is 0 Å². The van der Waals surface area contributed by atoms with Gasteiger partial charge in [-0.1, -0.05) is 22.6 Å². The molecule has 10 nitrogen and oxygen atoms in total. The van der Waals surface area contributed by atoms with E-state index in [4.69, 9.17) is 5.73 Å². The van der Waals surface area contributed by atoms with Gasteiger partial charge in [0.05, 0.1) is 10.5 Å². The fourth-order valence-electron chi connectivity index (χ4n) is 2.43. The molecule has 3 amide bonds. The number of rotatable bonds is 11. The van der Waals surface area contributed by atoms with Crippen LogP contribution in [0.3, 0.4) is 0 Å². The second-order valence-electron chi connectivity index (χ2n) is 5.88. The third-order valence-electron chi connectivity index (χ3n) is 4.09. The molecule has 11 heteroatoms. The molecule has 1 rings (SSSR count). The van der Waals surface area contributed by atoms with Gasteiger partial charge in [-0.3, -0.25) is 14.4 Å². The molecular formula is C14H25IN4O6. The van der Waals surface area contributed by atoms with Crippen molar-refractivity contribution in [3.8, 4) is 0 Å². The molecule has 0 aromatic rings. The highest BCUT2D eigenvalue weighted by Gasteiger charge is 2.59. The molecule has 1 unspecified atom stereocenters. The molecule has 0 spiro atoms. The summed E-state index contributed by atoms with van der Waals surface area (Å²) in [4.78, 5) is 34.8. The van der Waals surface area contributed by atoms with E-state index in [1.165, 1.54) is 0 Å². The third kappa shape index (κ3) is 6.02. The van der Waals surface area contributed by atoms with Gasteiger partial charge in [0.25, 0.3) is 5.91 Å². The van der Waals surface area contributed by atoms with Crippen LogP contribution in [-0.4, -0.2) is 82.0 Å². The summed E-state index contributed by atoms with van der Waals surface area (Å²) in [5.74, 6) is -1.70. The normalized spacial score (nSPS) is 18.6. The van der Waals surface area contributed by atoms with Crippen molar-refractivity contribution in [1.82, 2.24) is 16.0 Å². The van der Waals surface area contributed by atoms with Gasteiger partial charge in [0.1, 0.15) is 6.10 Å². The van der Waals surface area contributed by atoms with Crippen molar-refractivity contribution in [3.63, 3.8) is 0 Å². The molecule has 144 valence electrons. The number of amides is 3. The quantitative estimate of drug-likeness (QED) is 0.0932. The van der Waals surface area contributed by atoms with Gasteiger partial charge in [-0.05, 0) is 12.8 Å². The number of nitrogens with one attached hydrogen (secondary N) is 3. The smallest absolute Gasteiger partial charge is 0.251 e. The van der Waals surface area contributed by atoms with E-state index in [2.05, 4.69) is 16.0 Å². The molecule has 1 aliphatic rings. The summed E-state index contributed by atoms with van der Waals surface area (Å²) >= 11 is 1.90. The van der Waals surface area contributed by atoms with Gasteiger partial charge >= 0.3 is 0 Å². The lowest BCUT2D eigenvalue weighted by molar-refractivity contribution is -0.149. The van der Waals surface area contributed by atoms with Crippen molar-refractivity contribution in [1.29, 1.82) is 0 Å². The number of carbonyl (C=O) groups excluding carboxylic acids is 3. The molecule has 0 heterocycles. The van der Waals surface area contributed by atoms with Crippen LogP contribution in [0.4, 0.5) is 0 Å². The molecule has 0 saturated heterocycles. The van der Waals surface area contributed by atoms with Gasteiger partial charge in [-0.15, -0.1) is 0 Å². The predicted molar refractivity (Wildman–Crippen MR) is 96.7 cm³/mol. The van der Waals surface area contributed by atoms with E-state index in [9.17, 15) is 29.7 Å². The van der Waals surface area contributed by atoms with Crippen LogP contribution in [0.2, 0.25) is 0 Å². The van der Waals surface area contributed by atoms with E-state index in [1.807, 2.05) is 22.6 Å². The first-order valence-corrected chi connectivity index (χ1v) is 9.45. The lowest BCUT2D eigenvalue weighted by Crippen LogP contribution is -2.53. The summed E-state index contributed by atoms with van der Waals surface area (Å²) in [7, 11) is 0. The number of carbonyl (C=O) groups is 3. The maximum Gasteiger partial charge on any atom is 0.251 e. The van der Waals surface area contributed by atoms with Crippen molar-refractivity contribution in [2.75, 3.05) is 30.6 Å². The highest BCUT2D eigenvalue weighted by molar-refractivity contribution is 14.1. The molecule has 1 aliphatic carbocycles.